The van der Waals surface area contributed by atoms with Crippen molar-refractivity contribution >= 4 is 43.5 Å². The lowest BCUT2D eigenvalue weighted by molar-refractivity contribution is -0.137. The predicted molar refractivity (Wildman–Crippen MR) is 71.8 cm³/mol. The Morgan fingerprint density at radius 3 is 2.69 bits per heavy atom. The van der Waals surface area contributed by atoms with Gasteiger partial charge in [0, 0.05) is 27.6 Å². The van der Waals surface area contributed by atoms with Gasteiger partial charge in [-0.1, -0.05) is 15.9 Å². The van der Waals surface area contributed by atoms with Crippen LogP contribution in [-0.4, -0.2) is 17.6 Å². The molecular formula is C11H13Br2NO2. The second-order valence-corrected chi connectivity index (χ2v) is 5.17. The molecule has 0 aliphatic carbocycles. The number of benzene rings is 1. The van der Waals surface area contributed by atoms with Crippen LogP contribution in [0.15, 0.2) is 27.1 Å². The number of carbonyl (C=O) groups is 1. The van der Waals surface area contributed by atoms with E-state index >= 15 is 0 Å². The molecule has 0 saturated heterocycles. The van der Waals surface area contributed by atoms with Gasteiger partial charge in [-0.25, -0.2) is 0 Å². The van der Waals surface area contributed by atoms with Crippen LogP contribution in [0.1, 0.15) is 19.3 Å². The number of rotatable bonds is 6. The summed E-state index contributed by atoms with van der Waals surface area (Å²) in [4.78, 5) is 10.3. The van der Waals surface area contributed by atoms with E-state index in [0.717, 1.165) is 27.6 Å². The third kappa shape index (κ3) is 4.99. The first-order chi connectivity index (χ1) is 7.59. The van der Waals surface area contributed by atoms with Gasteiger partial charge in [-0.15, -0.1) is 0 Å². The van der Waals surface area contributed by atoms with Crippen molar-refractivity contribution in [3.8, 4) is 0 Å². The van der Waals surface area contributed by atoms with E-state index in [1.54, 1.807) is 0 Å². The van der Waals surface area contributed by atoms with Crippen LogP contribution in [0.4, 0.5) is 5.69 Å². The number of nitrogens with one attached hydrogen (secondary N) is 1. The molecule has 0 amide bonds. The van der Waals surface area contributed by atoms with Gasteiger partial charge >= 0.3 is 5.97 Å². The number of hydrogen-bond donors (Lipinski definition) is 2. The fraction of sp³-hybridized carbons (Fsp3) is 0.364. The number of halogens is 2. The monoisotopic (exact) mass is 349 g/mol. The molecule has 0 aliphatic rings. The number of carboxylic acid groups (broad SMARTS) is 1. The van der Waals surface area contributed by atoms with Gasteiger partial charge in [0.2, 0.25) is 0 Å². The average molecular weight is 351 g/mol. The van der Waals surface area contributed by atoms with E-state index < -0.39 is 5.97 Å². The van der Waals surface area contributed by atoms with Crippen LogP contribution in [0.5, 0.6) is 0 Å². The average Bonchev–Trinajstić information content (AvgIpc) is 2.20. The van der Waals surface area contributed by atoms with Gasteiger partial charge in [-0.3, -0.25) is 4.79 Å². The first-order valence-corrected chi connectivity index (χ1v) is 6.59. The summed E-state index contributed by atoms with van der Waals surface area (Å²) in [5.41, 5.74) is 1.03. The van der Waals surface area contributed by atoms with Gasteiger partial charge in [-0.2, -0.15) is 0 Å². The largest absolute Gasteiger partial charge is 0.481 e. The SMILES string of the molecule is O=C(O)CCCCNc1ccc(Br)cc1Br. The highest BCUT2D eigenvalue weighted by atomic mass is 79.9. The number of aliphatic carboxylic acids is 1. The van der Waals surface area contributed by atoms with Gasteiger partial charge in [0.05, 0.1) is 0 Å². The Balaban J connectivity index is 2.29. The normalized spacial score (nSPS) is 10.1. The third-order valence-corrected chi connectivity index (χ3v) is 3.21. The van der Waals surface area contributed by atoms with Crippen LogP contribution < -0.4 is 5.32 Å². The summed E-state index contributed by atoms with van der Waals surface area (Å²) in [6.07, 6.45) is 1.80. The number of anilines is 1. The number of unbranched alkanes of at least 4 members (excludes halogenated alkanes) is 1. The zero-order valence-corrected chi connectivity index (χ0v) is 11.8. The van der Waals surface area contributed by atoms with Crippen LogP contribution in [0.3, 0.4) is 0 Å². The van der Waals surface area contributed by atoms with Crippen LogP contribution in [-0.2, 0) is 4.79 Å². The molecule has 88 valence electrons. The fourth-order valence-corrected chi connectivity index (χ4v) is 2.44. The zero-order chi connectivity index (χ0) is 12.0. The molecule has 1 aromatic carbocycles. The molecular weight excluding hydrogens is 338 g/mol. The van der Waals surface area contributed by atoms with E-state index in [-0.39, 0.29) is 6.42 Å². The molecule has 0 aromatic heterocycles. The molecule has 5 heteroatoms. The minimum absolute atomic E-state index is 0.239. The lowest BCUT2D eigenvalue weighted by Crippen LogP contribution is -2.03. The maximum atomic E-state index is 10.3. The van der Waals surface area contributed by atoms with E-state index in [9.17, 15) is 4.79 Å². The van der Waals surface area contributed by atoms with E-state index in [1.165, 1.54) is 0 Å². The molecule has 0 atom stereocenters. The molecule has 0 saturated carbocycles. The van der Waals surface area contributed by atoms with Crippen molar-refractivity contribution in [2.24, 2.45) is 0 Å². The van der Waals surface area contributed by atoms with Crippen LogP contribution in [0, 0.1) is 0 Å². The Kier molecular flexibility index (Phi) is 5.84. The van der Waals surface area contributed by atoms with Gasteiger partial charge in [0.25, 0.3) is 0 Å². The van der Waals surface area contributed by atoms with Gasteiger partial charge in [0.15, 0.2) is 0 Å². The molecule has 0 spiro atoms. The second kappa shape index (κ2) is 6.91. The van der Waals surface area contributed by atoms with E-state index in [2.05, 4.69) is 37.2 Å². The molecule has 0 radical (unpaired) electrons. The van der Waals surface area contributed by atoms with E-state index in [0.29, 0.717) is 6.42 Å². The molecule has 1 rings (SSSR count). The molecule has 1 aromatic rings. The van der Waals surface area contributed by atoms with E-state index in [4.69, 9.17) is 5.11 Å². The van der Waals surface area contributed by atoms with Crippen LogP contribution >= 0.6 is 31.9 Å². The molecule has 3 nitrogen and oxygen atoms in total. The Bertz CT molecular complexity index is 369. The first-order valence-electron chi connectivity index (χ1n) is 5.00. The number of carboxylic acids is 1. The highest BCUT2D eigenvalue weighted by Gasteiger charge is 2.00. The zero-order valence-electron chi connectivity index (χ0n) is 8.67. The molecule has 0 bridgehead atoms. The van der Waals surface area contributed by atoms with Crippen molar-refractivity contribution in [2.75, 3.05) is 11.9 Å². The first kappa shape index (κ1) is 13.5. The van der Waals surface area contributed by atoms with Crippen molar-refractivity contribution in [1.29, 1.82) is 0 Å². The molecule has 0 aliphatic heterocycles. The lowest BCUT2D eigenvalue weighted by Gasteiger charge is -2.08. The second-order valence-electron chi connectivity index (χ2n) is 3.40. The summed E-state index contributed by atoms with van der Waals surface area (Å²) in [5.74, 6) is -0.732. The molecule has 2 N–H and O–H groups in total. The Morgan fingerprint density at radius 1 is 1.31 bits per heavy atom. The summed E-state index contributed by atoms with van der Waals surface area (Å²) >= 11 is 6.84. The summed E-state index contributed by atoms with van der Waals surface area (Å²) < 4.78 is 2.02. The summed E-state index contributed by atoms with van der Waals surface area (Å²) in [5, 5.41) is 11.7. The predicted octanol–water partition coefficient (Wildman–Crippen LogP) is 3.88. The minimum Gasteiger partial charge on any atom is -0.481 e. The van der Waals surface area contributed by atoms with E-state index in [1.807, 2.05) is 18.2 Å². The Hall–Kier alpha value is -0.550. The summed E-state index contributed by atoms with van der Waals surface area (Å²) in [6, 6.07) is 5.91. The van der Waals surface area contributed by atoms with Crippen molar-refractivity contribution in [2.45, 2.75) is 19.3 Å². The third-order valence-electron chi connectivity index (χ3n) is 2.06. The molecule has 0 unspecified atom stereocenters. The lowest BCUT2D eigenvalue weighted by atomic mass is 10.2. The maximum Gasteiger partial charge on any atom is 0.303 e. The van der Waals surface area contributed by atoms with Crippen molar-refractivity contribution in [3.05, 3.63) is 27.1 Å². The molecule has 0 heterocycles. The highest BCUT2D eigenvalue weighted by Crippen LogP contribution is 2.26. The quantitative estimate of drug-likeness (QED) is 0.765. The molecule has 16 heavy (non-hydrogen) atoms. The van der Waals surface area contributed by atoms with Crippen molar-refractivity contribution in [3.63, 3.8) is 0 Å². The number of hydrogen-bond acceptors (Lipinski definition) is 2. The van der Waals surface area contributed by atoms with Crippen molar-refractivity contribution < 1.29 is 9.90 Å². The maximum absolute atomic E-state index is 10.3. The molecule has 0 fully saturated rings. The van der Waals surface area contributed by atoms with Gasteiger partial charge in [0.1, 0.15) is 0 Å². The highest BCUT2D eigenvalue weighted by molar-refractivity contribution is 9.11. The van der Waals surface area contributed by atoms with Crippen molar-refractivity contribution in [1.82, 2.24) is 0 Å². The standard InChI is InChI=1S/C11H13Br2NO2/c12-8-4-5-10(9(13)7-8)14-6-2-1-3-11(15)16/h4-5,7,14H,1-3,6H2,(H,15,16). The van der Waals surface area contributed by atoms with Crippen LogP contribution in [0.2, 0.25) is 0 Å². The van der Waals surface area contributed by atoms with Crippen LogP contribution in [0.25, 0.3) is 0 Å². The summed E-state index contributed by atoms with van der Waals surface area (Å²) in [6.45, 7) is 0.785. The Labute approximate surface area is 111 Å². The van der Waals surface area contributed by atoms with Gasteiger partial charge in [-0.05, 0) is 47.0 Å². The smallest absolute Gasteiger partial charge is 0.303 e. The Morgan fingerprint density at radius 2 is 2.06 bits per heavy atom. The minimum atomic E-state index is -0.732. The van der Waals surface area contributed by atoms with Gasteiger partial charge < -0.3 is 10.4 Å². The summed E-state index contributed by atoms with van der Waals surface area (Å²) in [7, 11) is 0. The fourth-order valence-electron chi connectivity index (χ4n) is 1.26. The topological polar surface area (TPSA) is 49.3 Å².